The summed E-state index contributed by atoms with van der Waals surface area (Å²) in [4.78, 5) is 35.2. The molecule has 1 aromatic rings. The summed E-state index contributed by atoms with van der Waals surface area (Å²) < 4.78 is 0. The number of para-hydroxylation sites is 1. The van der Waals surface area contributed by atoms with Gasteiger partial charge in [0.1, 0.15) is 6.04 Å². The second kappa shape index (κ2) is 6.34. The minimum absolute atomic E-state index is 0.116. The van der Waals surface area contributed by atoms with E-state index in [0.717, 1.165) is 12.8 Å². The number of carboxylic acid groups (broad SMARTS) is 1. The van der Waals surface area contributed by atoms with E-state index in [1.165, 1.54) is 23.1 Å². The van der Waals surface area contributed by atoms with Crippen molar-refractivity contribution in [2.75, 3.05) is 6.54 Å². The van der Waals surface area contributed by atoms with Crippen LogP contribution < -0.4 is 0 Å². The molecule has 0 radical (unpaired) electrons. The lowest BCUT2D eigenvalue weighted by Gasteiger charge is -2.33. The van der Waals surface area contributed by atoms with E-state index in [1.54, 1.807) is 6.07 Å². The van der Waals surface area contributed by atoms with E-state index >= 15 is 0 Å². The Morgan fingerprint density at radius 2 is 2.05 bits per heavy atom. The van der Waals surface area contributed by atoms with Crippen LogP contribution in [0.2, 0.25) is 0 Å². The molecule has 1 N–H and O–H groups in total. The van der Waals surface area contributed by atoms with Crippen LogP contribution in [0.25, 0.3) is 0 Å². The molecule has 0 bridgehead atoms. The summed E-state index contributed by atoms with van der Waals surface area (Å²) in [6.07, 6.45) is 1.80. The molecule has 0 saturated carbocycles. The Hall–Kier alpha value is -2.44. The summed E-state index contributed by atoms with van der Waals surface area (Å²) in [6.45, 7) is 0.385. The van der Waals surface area contributed by atoms with Gasteiger partial charge in [-0.3, -0.25) is 14.9 Å². The van der Waals surface area contributed by atoms with Crippen LogP contribution >= 0.6 is 0 Å². The van der Waals surface area contributed by atoms with Gasteiger partial charge < -0.3 is 10.0 Å². The molecule has 7 heteroatoms. The standard InChI is InChI=1S/C14H16N2O5/c17-13(15-8-4-3-7-12(15)14(18)19)9-10-5-1-2-6-11(10)16(20)21/h1-2,5-6,12H,3-4,7-9H2,(H,18,19)/t12-/m0/s1. The number of rotatable bonds is 4. The summed E-state index contributed by atoms with van der Waals surface area (Å²) >= 11 is 0. The molecule has 0 spiro atoms. The largest absolute Gasteiger partial charge is 0.480 e. The zero-order valence-electron chi connectivity index (χ0n) is 11.4. The van der Waals surface area contributed by atoms with Gasteiger partial charge in [-0.2, -0.15) is 0 Å². The lowest BCUT2D eigenvalue weighted by atomic mass is 10.0. The number of amides is 1. The van der Waals surface area contributed by atoms with Crippen molar-refractivity contribution in [2.24, 2.45) is 0 Å². The molecule has 1 atom stereocenters. The minimum Gasteiger partial charge on any atom is -0.480 e. The summed E-state index contributed by atoms with van der Waals surface area (Å²) in [5.74, 6) is -1.40. The molecule has 112 valence electrons. The average molecular weight is 292 g/mol. The third-order valence-electron chi connectivity index (χ3n) is 3.64. The fraction of sp³-hybridized carbons (Fsp3) is 0.429. The van der Waals surface area contributed by atoms with Gasteiger partial charge >= 0.3 is 5.97 Å². The van der Waals surface area contributed by atoms with Crippen LogP contribution in [0.15, 0.2) is 24.3 Å². The number of nitro groups is 1. The molecular formula is C14H16N2O5. The van der Waals surface area contributed by atoms with E-state index in [0.29, 0.717) is 18.5 Å². The quantitative estimate of drug-likeness (QED) is 0.671. The van der Waals surface area contributed by atoms with Crippen LogP contribution in [0.5, 0.6) is 0 Å². The smallest absolute Gasteiger partial charge is 0.326 e. The highest BCUT2D eigenvalue weighted by Gasteiger charge is 2.32. The number of piperidine rings is 1. The van der Waals surface area contributed by atoms with Gasteiger partial charge in [-0.05, 0) is 19.3 Å². The third kappa shape index (κ3) is 3.36. The van der Waals surface area contributed by atoms with Crippen molar-refractivity contribution in [1.82, 2.24) is 4.90 Å². The van der Waals surface area contributed by atoms with E-state index in [2.05, 4.69) is 0 Å². The highest BCUT2D eigenvalue weighted by Crippen LogP contribution is 2.22. The Kier molecular flexibility index (Phi) is 4.52. The maximum atomic E-state index is 12.3. The maximum absolute atomic E-state index is 12.3. The lowest BCUT2D eigenvalue weighted by Crippen LogP contribution is -2.48. The number of nitrogens with zero attached hydrogens (tertiary/aromatic N) is 2. The van der Waals surface area contributed by atoms with Crippen molar-refractivity contribution in [3.8, 4) is 0 Å². The molecule has 1 fully saturated rings. The zero-order chi connectivity index (χ0) is 15.4. The minimum atomic E-state index is -1.02. The molecule has 1 saturated heterocycles. The van der Waals surface area contributed by atoms with Crippen LogP contribution in [0.1, 0.15) is 24.8 Å². The molecule has 1 aliphatic rings. The van der Waals surface area contributed by atoms with Gasteiger partial charge in [-0.15, -0.1) is 0 Å². The van der Waals surface area contributed by atoms with E-state index in [9.17, 15) is 19.7 Å². The van der Waals surface area contributed by atoms with Crippen molar-refractivity contribution < 1.29 is 19.6 Å². The average Bonchev–Trinajstić information content (AvgIpc) is 2.47. The summed E-state index contributed by atoms with van der Waals surface area (Å²) in [5.41, 5.74) is 0.192. The first-order valence-electron chi connectivity index (χ1n) is 6.75. The molecule has 21 heavy (non-hydrogen) atoms. The molecule has 1 heterocycles. The molecule has 0 aliphatic carbocycles. The van der Waals surface area contributed by atoms with Crippen LogP contribution in [0.3, 0.4) is 0 Å². The predicted octanol–water partition coefficient (Wildman–Crippen LogP) is 1.60. The van der Waals surface area contributed by atoms with Crippen LogP contribution in [-0.4, -0.2) is 39.4 Å². The van der Waals surface area contributed by atoms with E-state index < -0.39 is 16.9 Å². The van der Waals surface area contributed by atoms with Crippen LogP contribution in [0, 0.1) is 10.1 Å². The first-order chi connectivity index (χ1) is 10.0. The van der Waals surface area contributed by atoms with Crippen molar-refractivity contribution in [3.63, 3.8) is 0 Å². The van der Waals surface area contributed by atoms with Gasteiger partial charge in [0, 0.05) is 18.2 Å². The first-order valence-corrected chi connectivity index (χ1v) is 6.75. The summed E-state index contributed by atoms with van der Waals surface area (Å²) in [7, 11) is 0. The zero-order valence-corrected chi connectivity index (χ0v) is 11.4. The Bertz CT molecular complexity index is 572. The molecule has 1 aliphatic heterocycles. The number of benzene rings is 1. The Morgan fingerprint density at radius 1 is 1.33 bits per heavy atom. The second-order valence-electron chi connectivity index (χ2n) is 5.00. The van der Waals surface area contributed by atoms with Crippen molar-refractivity contribution in [2.45, 2.75) is 31.7 Å². The fourth-order valence-electron chi connectivity index (χ4n) is 2.59. The van der Waals surface area contributed by atoms with Crippen molar-refractivity contribution in [3.05, 3.63) is 39.9 Å². The van der Waals surface area contributed by atoms with Crippen molar-refractivity contribution >= 4 is 17.6 Å². The molecular weight excluding hydrogens is 276 g/mol. The van der Waals surface area contributed by atoms with Gasteiger partial charge in [0.15, 0.2) is 0 Å². The Labute approximate surface area is 121 Å². The van der Waals surface area contributed by atoms with Gasteiger partial charge in [-0.25, -0.2) is 4.79 Å². The first kappa shape index (κ1) is 15.0. The van der Waals surface area contributed by atoms with Crippen LogP contribution in [0.4, 0.5) is 5.69 Å². The molecule has 0 unspecified atom stereocenters. The summed E-state index contributed by atoms with van der Waals surface area (Å²) in [6, 6.07) is 5.20. The van der Waals surface area contributed by atoms with Gasteiger partial charge in [0.2, 0.25) is 5.91 Å². The number of likely N-dealkylation sites (tertiary alicyclic amines) is 1. The van der Waals surface area contributed by atoms with E-state index in [1.807, 2.05) is 0 Å². The normalized spacial score (nSPS) is 18.3. The number of nitro benzene ring substituents is 1. The van der Waals surface area contributed by atoms with Gasteiger partial charge in [0.25, 0.3) is 5.69 Å². The fourth-order valence-corrected chi connectivity index (χ4v) is 2.59. The summed E-state index contributed by atoms with van der Waals surface area (Å²) in [5, 5.41) is 20.1. The number of carbonyl (C=O) groups is 2. The molecule has 7 nitrogen and oxygen atoms in total. The second-order valence-corrected chi connectivity index (χ2v) is 5.00. The van der Waals surface area contributed by atoms with Gasteiger partial charge in [-0.1, -0.05) is 18.2 Å². The molecule has 1 amide bonds. The predicted molar refractivity (Wildman–Crippen MR) is 73.8 cm³/mol. The van der Waals surface area contributed by atoms with Gasteiger partial charge in [0.05, 0.1) is 11.3 Å². The highest BCUT2D eigenvalue weighted by atomic mass is 16.6. The Balaban J connectivity index is 2.17. The molecule has 2 rings (SSSR count). The monoisotopic (exact) mass is 292 g/mol. The third-order valence-corrected chi connectivity index (χ3v) is 3.64. The lowest BCUT2D eigenvalue weighted by molar-refractivity contribution is -0.385. The number of carbonyl (C=O) groups excluding carboxylic acids is 1. The molecule has 0 aromatic heterocycles. The molecule has 1 aromatic carbocycles. The number of aliphatic carboxylic acids is 1. The number of hydrogen-bond acceptors (Lipinski definition) is 4. The number of carboxylic acids is 1. The number of hydrogen-bond donors (Lipinski definition) is 1. The Morgan fingerprint density at radius 3 is 2.71 bits per heavy atom. The van der Waals surface area contributed by atoms with E-state index in [-0.39, 0.29) is 18.0 Å². The van der Waals surface area contributed by atoms with Crippen molar-refractivity contribution in [1.29, 1.82) is 0 Å². The maximum Gasteiger partial charge on any atom is 0.326 e. The van der Waals surface area contributed by atoms with E-state index in [4.69, 9.17) is 5.11 Å². The topological polar surface area (TPSA) is 101 Å². The SMILES string of the molecule is O=C(O)[C@@H]1CCCCN1C(=O)Cc1ccccc1[N+](=O)[O-]. The highest BCUT2D eigenvalue weighted by molar-refractivity contribution is 5.85. The van der Waals surface area contributed by atoms with Crippen LogP contribution in [-0.2, 0) is 16.0 Å².